The van der Waals surface area contributed by atoms with Gasteiger partial charge in [-0.15, -0.1) is 10.2 Å². The van der Waals surface area contributed by atoms with Crippen molar-refractivity contribution in [1.82, 2.24) is 25.4 Å². The maximum absolute atomic E-state index is 11.2. The van der Waals surface area contributed by atoms with Crippen molar-refractivity contribution in [2.24, 2.45) is 7.05 Å². The number of carbonyl (C=O) groups is 1. The Balaban J connectivity index is 2.16. The minimum atomic E-state index is 0.0130. The van der Waals surface area contributed by atoms with Gasteiger partial charge in [-0.05, 0) is 6.42 Å². The summed E-state index contributed by atoms with van der Waals surface area (Å²) in [6, 6.07) is 0. The van der Waals surface area contributed by atoms with Crippen molar-refractivity contribution >= 4 is 5.91 Å². The predicted octanol–water partition coefficient (Wildman–Crippen LogP) is -0.569. The molecular formula is C9H17N5O. The molecule has 0 saturated heterocycles. The van der Waals surface area contributed by atoms with Gasteiger partial charge in [0.15, 0.2) is 0 Å². The van der Waals surface area contributed by atoms with E-state index in [1.54, 1.807) is 6.33 Å². The van der Waals surface area contributed by atoms with E-state index in [0.717, 1.165) is 18.8 Å². The number of aryl methyl sites for hydroxylation is 1. The van der Waals surface area contributed by atoms with Crippen LogP contribution in [0, 0.1) is 0 Å². The molecule has 2 N–H and O–H groups in total. The van der Waals surface area contributed by atoms with Gasteiger partial charge in [0.1, 0.15) is 12.2 Å². The molecule has 0 fully saturated rings. The highest BCUT2D eigenvalue weighted by atomic mass is 16.1. The molecule has 0 aliphatic heterocycles. The minimum absolute atomic E-state index is 0.0130. The zero-order valence-electron chi connectivity index (χ0n) is 9.16. The molecule has 1 aromatic rings. The highest BCUT2D eigenvalue weighted by molar-refractivity contribution is 5.77. The summed E-state index contributed by atoms with van der Waals surface area (Å²) in [4.78, 5) is 11.2. The van der Waals surface area contributed by atoms with E-state index in [-0.39, 0.29) is 5.91 Å². The molecule has 15 heavy (non-hydrogen) atoms. The van der Waals surface area contributed by atoms with Crippen LogP contribution in [-0.4, -0.2) is 33.8 Å². The number of aromatic nitrogens is 3. The molecule has 1 rings (SSSR count). The predicted molar refractivity (Wildman–Crippen MR) is 56.0 cm³/mol. The fourth-order valence-corrected chi connectivity index (χ4v) is 1.08. The lowest BCUT2D eigenvalue weighted by molar-refractivity contribution is -0.120. The van der Waals surface area contributed by atoms with Gasteiger partial charge in [-0.25, -0.2) is 0 Å². The van der Waals surface area contributed by atoms with Crippen LogP contribution in [0.1, 0.15) is 19.2 Å². The third-order valence-electron chi connectivity index (χ3n) is 1.95. The van der Waals surface area contributed by atoms with Crippen LogP contribution >= 0.6 is 0 Å². The lowest BCUT2D eigenvalue weighted by Crippen LogP contribution is -2.34. The topological polar surface area (TPSA) is 71.8 Å². The first-order valence-corrected chi connectivity index (χ1v) is 5.04. The maximum atomic E-state index is 11.2. The number of amides is 1. The van der Waals surface area contributed by atoms with Gasteiger partial charge in [-0.1, -0.05) is 6.92 Å². The van der Waals surface area contributed by atoms with Crippen LogP contribution in [0.15, 0.2) is 6.33 Å². The molecule has 0 bridgehead atoms. The average molecular weight is 211 g/mol. The van der Waals surface area contributed by atoms with E-state index in [1.165, 1.54) is 0 Å². The van der Waals surface area contributed by atoms with Crippen molar-refractivity contribution in [1.29, 1.82) is 0 Å². The van der Waals surface area contributed by atoms with Crippen molar-refractivity contribution < 1.29 is 4.79 Å². The van der Waals surface area contributed by atoms with E-state index in [4.69, 9.17) is 0 Å². The third kappa shape index (κ3) is 4.07. The van der Waals surface area contributed by atoms with Gasteiger partial charge >= 0.3 is 0 Å². The van der Waals surface area contributed by atoms with Gasteiger partial charge in [-0.3, -0.25) is 4.79 Å². The molecule has 0 aliphatic carbocycles. The third-order valence-corrected chi connectivity index (χ3v) is 1.95. The summed E-state index contributed by atoms with van der Waals surface area (Å²) < 4.78 is 1.82. The van der Waals surface area contributed by atoms with Crippen molar-refractivity contribution in [3.63, 3.8) is 0 Å². The zero-order chi connectivity index (χ0) is 11.1. The Labute approximate surface area is 89.1 Å². The van der Waals surface area contributed by atoms with Crippen LogP contribution < -0.4 is 10.6 Å². The van der Waals surface area contributed by atoms with E-state index in [0.29, 0.717) is 13.1 Å². The number of hydrogen-bond donors (Lipinski definition) is 2. The molecule has 6 heteroatoms. The number of carbonyl (C=O) groups excluding carboxylic acids is 1. The summed E-state index contributed by atoms with van der Waals surface area (Å²) in [5, 5.41) is 13.4. The van der Waals surface area contributed by atoms with Gasteiger partial charge in [-0.2, -0.15) is 0 Å². The lowest BCUT2D eigenvalue weighted by Gasteiger charge is -2.04. The van der Waals surface area contributed by atoms with E-state index in [9.17, 15) is 4.79 Å². The Morgan fingerprint density at radius 2 is 2.40 bits per heavy atom. The molecule has 1 aromatic heterocycles. The molecule has 0 saturated carbocycles. The van der Waals surface area contributed by atoms with Gasteiger partial charge in [0.2, 0.25) is 5.91 Å². The Morgan fingerprint density at radius 1 is 1.60 bits per heavy atom. The molecule has 0 unspecified atom stereocenters. The minimum Gasteiger partial charge on any atom is -0.355 e. The summed E-state index contributed by atoms with van der Waals surface area (Å²) in [6.07, 6.45) is 2.59. The SMILES string of the molecule is CCCNC(=O)CNCc1nncn1C. The summed E-state index contributed by atoms with van der Waals surface area (Å²) >= 11 is 0. The average Bonchev–Trinajstić information content (AvgIpc) is 2.61. The lowest BCUT2D eigenvalue weighted by atomic mass is 10.4. The van der Waals surface area contributed by atoms with Crippen LogP contribution in [0.4, 0.5) is 0 Å². The molecule has 0 radical (unpaired) electrons. The smallest absolute Gasteiger partial charge is 0.233 e. The highest BCUT2D eigenvalue weighted by Crippen LogP contribution is 1.88. The summed E-state index contributed by atoms with van der Waals surface area (Å²) in [5.74, 6) is 0.831. The van der Waals surface area contributed by atoms with Gasteiger partial charge in [0.25, 0.3) is 0 Å². The first-order valence-electron chi connectivity index (χ1n) is 5.04. The first-order chi connectivity index (χ1) is 7.24. The Morgan fingerprint density at radius 3 is 3.00 bits per heavy atom. The monoisotopic (exact) mass is 211 g/mol. The molecule has 0 aromatic carbocycles. The zero-order valence-corrected chi connectivity index (χ0v) is 9.16. The van der Waals surface area contributed by atoms with Crippen LogP contribution in [0.25, 0.3) is 0 Å². The van der Waals surface area contributed by atoms with Gasteiger partial charge in [0.05, 0.1) is 13.1 Å². The molecule has 1 amide bonds. The number of rotatable bonds is 6. The molecular weight excluding hydrogens is 194 g/mol. The van der Waals surface area contributed by atoms with Crippen molar-refractivity contribution in [2.45, 2.75) is 19.9 Å². The maximum Gasteiger partial charge on any atom is 0.233 e. The van der Waals surface area contributed by atoms with Crippen LogP contribution in [0.5, 0.6) is 0 Å². The first kappa shape index (κ1) is 11.6. The second-order valence-corrected chi connectivity index (χ2v) is 3.31. The Kier molecular flexibility index (Phi) is 4.76. The summed E-state index contributed by atoms with van der Waals surface area (Å²) in [7, 11) is 1.87. The number of hydrogen-bond acceptors (Lipinski definition) is 4. The van der Waals surface area contributed by atoms with E-state index < -0.39 is 0 Å². The quantitative estimate of drug-likeness (QED) is 0.661. The molecule has 1 heterocycles. The van der Waals surface area contributed by atoms with Crippen molar-refractivity contribution in [2.75, 3.05) is 13.1 Å². The van der Waals surface area contributed by atoms with Gasteiger partial charge < -0.3 is 15.2 Å². The molecule has 0 spiro atoms. The fourth-order valence-electron chi connectivity index (χ4n) is 1.08. The number of nitrogens with zero attached hydrogens (tertiary/aromatic N) is 3. The molecule has 84 valence electrons. The molecule has 6 nitrogen and oxygen atoms in total. The normalized spacial score (nSPS) is 10.3. The summed E-state index contributed by atoms with van der Waals surface area (Å²) in [6.45, 7) is 3.61. The van der Waals surface area contributed by atoms with E-state index >= 15 is 0 Å². The van der Waals surface area contributed by atoms with Crippen LogP contribution in [0.3, 0.4) is 0 Å². The second kappa shape index (κ2) is 6.13. The largest absolute Gasteiger partial charge is 0.355 e. The molecule has 0 atom stereocenters. The Bertz CT molecular complexity index is 309. The Hall–Kier alpha value is -1.43. The standard InChI is InChI=1S/C9H17N5O/c1-3-4-11-9(15)6-10-5-8-13-12-7-14(8)2/h7,10H,3-6H2,1-2H3,(H,11,15). The van der Waals surface area contributed by atoms with E-state index in [1.807, 2.05) is 18.5 Å². The van der Waals surface area contributed by atoms with Crippen LogP contribution in [-0.2, 0) is 18.4 Å². The van der Waals surface area contributed by atoms with Crippen molar-refractivity contribution in [3.8, 4) is 0 Å². The molecule has 0 aliphatic rings. The highest BCUT2D eigenvalue weighted by Gasteiger charge is 2.02. The van der Waals surface area contributed by atoms with Crippen molar-refractivity contribution in [3.05, 3.63) is 12.2 Å². The van der Waals surface area contributed by atoms with Crippen LogP contribution in [0.2, 0.25) is 0 Å². The fraction of sp³-hybridized carbons (Fsp3) is 0.667. The van der Waals surface area contributed by atoms with Gasteiger partial charge in [0, 0.05) is 13.6 Å². The number of nitrogens with one attached hydrogen (secondary N) is 2. The van der Waals surface area contributed by atoms with E-state index in [2.05, 4.69) is 20.8 Å². The second-order valence-electron chi connectivity index (χ2n) is 3.31. The summed E-state index contributed by atoms with van der Waals surface area (Å²) in [5.41, 5.74) is 0.